The number of hydrogen-bond donors (Lipinski definition) is 1. The van der Waals surface area contributed by atoms with Gasteiger partial charge in [-0.1, -0.05) is 24.3 Å². The van der Waals surface area contributed by atoms with Crippen molar-refractivity contribution in [2.75, 3.05) is 18.5 Å². The number of carbonyl (C=O) groups is 1. The van der Waals surface area contributed by atoms with Gasteiger partial charge in [-0.05, 0) is 78.1 Å². The number of aryl methyl sites for hydroxylation is 2. The van der Waals surface area contributed by atoms with Crippen LogP contribution in [0.15, 0.2) is 84.1 Å². The highest BCUT2D eigenvalue weighted by molar-refractivity contribution is 7.82. The minimum absolute atomic E-state index is 0.140. The summed E-state index contributed by atoms with van der Waals surface area (Å²) >= 11 is 0. The van der Waals surface area contributed by atoms with Gasteiger partial charge in [0.2, 0.25) is 11.8 Å². The largest absolute Gasteiger partial charge is 0.475 e. The summed E-state index contributed by atoms with van der Waals surface area (Å²) in [6, 6.07) is 21.1. The Hall–Kier alpha value is -4.39. The molecule has 0 spiro atoms. The van der Waals surface area contributed by atoms with Crippen LogP contribution in [0.1, 0.15) is 45.7 Å². The van der Waals surface area contributed by atoms with Crippen LogP contribution < -0.4 is 10.1 Å². The van der Waals surface area contributed by atoms with Crippen LogP contribution in [0.3, 0.4) is 0 Å². The fraction of sp³-hybridized carbons (Fsp3) is 0.226. The number of carbonyl (C=O) groups excluding carboxylic acids is 1. The number of fused-ring (bicyclic) bond motifs is 1. The molecular weight excluding hydrogens is 522 g/mol. The van der Waals surface area contributed by atoms with Crippen molar-refractivity contribution in [1.82, 2.24) is 14.3 Å². The van der Waals surface area contributed by atoms with Crippen molar-refractivity contribution in [3.63, 3.8) is 0 Å². The third kappa shape index (κ3) is 6.09. The number of benzene rings is 2. The Morgan fingerprint density at radius 3 is 2.75 bits per heavy atom. The van der Waals surface area contributed by atoms with E-state index in [2.05, 4.69) is 27.4 Å². The van der Waals surface area contributed by atoms with Gasteiger partial charge in [-0.25, -0.2) is 13.5 Å². The number of nitrogens with one attached hydrogen (secondary N) is 1. The molecule has 1 amide bonds. The minimum Gasteiger partial charge on any atom is -0.475 e. The Kier molecular flexibility index (Phi) is 8.29. The van der Waals surface area contributed by atoms with Gasteiger partial charge in [0.1, 0.15) is 22.5 Å². The normalized spacial score (nSPS) is 15.7. The molecule has 2 unspecified atom stereocenters. The summed E-state index contributed by atoms with van der Waals surface area (Å²) in [4.78, 5) is 22.1. The molecule has 8 nitrogen and oxygen atoms in total. The Labute approximate surface area is 236 Å². The maximum Gasteiger partial charge on any atom is 0.231 e. The van der Waals surface area contributed by atoms with Gasteiger partial charge in [0.25, 0.3) is 0 Å². The molecule has 0 aliphatic carbocycles. The molecule has 4 aromatic rings. The van der Waals surface area contributed by atoms with Crippen molar-refractivity contribution < 1.29 is 13.7 Å². The minimum atomic E-state index is -1.43. The van der Waals surface area contributed by atoms with Gasteiger partial charge in [0.05, 0.1) is 23.5 Å². The molecule has 5 rings (SSSR count). The summed E-state index contributed by atoms with van der Waals surface area (Å²) in [6.07, 6.45) is 5.11. The van der Waals surface area contributed by atoms with Gasteiger partial charge >= 0.3 is 0 Å². The molecule has 0 bridgehead atoms. The summed E-state index contributed by atoms with van der Waals surface area (Å²) in [7, 11) is -1.43. The van der Waals surface area contributed by atoms with Crippen molar-refractivity contribution in [3.05, 3.63) is 113 Å². The van der Waals surface area contributed by atoms with Gasteiger partial charge in [-0.2, -0.15) is 5.26 Å². The average Bonchev–Trinajstić information content (AvgIpc) is 3.12. The molecule has 1 aliphatic heterocycles. The van der Waals surface area contributed by atoms with Crippen molar-refractivity contribution in [2.24, 2.45) is 0 Å². The summed E-state index contributed by atoms with van der Waals surface area (Å²) in [6.45, 7) is 5.31. The second kappa shape index (κ2) is 12.2. The number of pyridine rings is 2. The predicted molar refractivity (Wildman–Crippen MR) is 153 cm³/mol. The molecular formula is C31H29N5O3S. The topological polar surface area (TPSA) is 108 Å². The number of aromatic nitrogens is 2. The number of amides is 1. The van der Waals surface area contributed by atoms with Crippen LogP contribution >= 0.6 is 0 Å². The van der Waals surface area contributed by atoms with Crippen LogP contribution in [-0.4, -0.2) is 37.5 Å². The number of rotatable bonds is 7. The molecule has 1 N–H and O–H groups in total. The first-order chi connectivity index (χ1) is 19.4. The zero-order valence-electron chi connectivity index (χ0n) is 22.3. The number of nitrogens with zero attached hydrogens (tertiary/aromatic N) is 4. The Morgan fingerprint density at radius 2 is 1.98 bits per heavy atom. The Balaban J connectivity index is 1.47. The maximum atomic E-state index is 13.4. The van der Waals surface area contributed by atoms with Crippen LogP contribution in [0.2, 0.25) is 0 Å². The van der Waals surface area contributed by atoms with Crippen LogP contribution in [0.4, 0.5) is 5.69 Å². The van der Waals surface area contributed by atoms with E-state index in [1.54, 1.807) is 48.9 Å². The third-order valence-corrected chi connectivity index (χ3v) is 8.44. The van der Waals surface area contributed by atoms with Crippen LogP contribution in [-0.2, 0) is 22.3 Å². The quantitative estimate of drug-likeness (QED) is 0.345. The second-order valence-electron chi connectivity index (χ2n) is 9.68. The van der Waals surface area contributed by atoms with Crippen LogP contribution in [0.25, 0.3) is 0 Å². The van der Waals surface area contributed by atoms with Gasteiger partial charge in [0, 0.05) is 37.8 Å². The molecule has 2 aromatic carbocycles. The van der Waals surface area contributed by atoms with Gasteiger partial charge in [-0.3, -0.25) is 9.78 Å². The van der Waals surface area contributed by atoms with Crippen LogP contribution in [0, 0.1) is 25.2 Å². The van der Waals surface area contributed by atoms with Crippen molar-refractivity contribution in [1.29, 1.82) is 5.26 Å². The van der Waals surface area contributed by atoms with E-state index < -0.39 is 11.0 Å². The molecule has 40 heavy (non-hydrogen) atoms. The van der Waals surface area contributed by atoms with E-state index in [0.29, 0.717) is 41.7 Å². The van der Waals surface area contributed by atoms with Crippen molar-refractivity contribution in [3.8, 4) is 11.9 Å². The Morgan fingerprint density at radius 1 is 1.12 bits per heavy atom. The monoisotopic (exact) mass is 551 g/mol. The average molecular weight is 552 g/mol. The standard InChI is InChI=1S/C31H29N5O3S/c1-21-7-9-24(16-25(21)20-36-13-14-39-31-29(40(36)38)6-4-12-34-31)28(27-10-8-23(18-32)15-22(27)2)17-30(37)35-26-5-3-11-33-19-26/h3-12,15-16,19,28H,13-14,17,20H2,1-2H3,(H,35,37). The summed E-state index contributed by atoms with van der Waals surface area (Å²) in [5.74, 6) is 0.00945. The van der Waals surface area contributed by atoms with E-state index in [9.17, 15) is 14.3 Å². The molecule has 0 saturated heterocycles. The number of ether oxygens (including phenoxy) is 1. The van der Waals surface area contributed by atoms with E-state index in [1.165, 1.54) is 0 Å². The van der Waals surface area contributed by atoms with E-state index in [-0.39, 0.29) is 18.2 Å². The fourth-order valence-corrected chi connectivity index (χ4v) is 6.10. The molecule has 2 aromatic heterocycles. The zero-order chi connectivity index (χ0) is 28.1. The van der Waals surface area contributed by atoms with Gasteiger partial charge < -0.3 is 10.1 Å². The number of nitriles is 1. The van der Waals surface area contributed by atoms with Crippen LogP contribution in [0.5, 0.6) is 5.88 Å². The SMILES string of the molecule is Cc1ccc(C(CC(=O)Nc2cccnc2)c2ccc(C#N)cc2C)cc1CN1CCOc2ncccc2S1=O. The van der Waals surface area contributed by atoms with Crippen molar-refractivity contribution >= 4 is 22.6 Å². The van der Waals surface area contributed by atoms with E-state index in [4.69, 9.17) is 4.74 Å². The molecule has 3 heterocycles. The smallest absolute Gasteiger partial charge is 0.231 e. The lowest BCUT2D eigenvalue weighted by Gasteiger charge is -2.23. The summed E-state index contributed by atoms with van der Waals surface area (Å²) in [5, 5.41) is 12.3. The molecule has 0 radical (unpaired) electrons. The molecule has 1 aliphatic rings. The van der Waals surface area contributed by atoms with E-state index in [1.807, 2.05) is 42.4 Å². The first-order valence-electron chi connectivity index (χ1n) is 13.0. The number of hydrogen-bond acceptors (Lipinski definition) is 6. The lowest BCUT2D eigenvalue weighted by molar-refractivity contribution is -0.116. The van der Waals surface area contributed by atoms with E-state index in [0.717, 1.165) is 27.8 Å². The highest BCUT2D eigenvalue weighted by Crippen LogP contribution is 2.33. The second-order valence-corrected chi connectivity index (χ2v) is 11.1. The molecule has 0 fully saturated rings. The maximum absolute atomic E-state index is 13.4. The highest BCUT2D eigenvalue weighted by Gasteiger charge is 2.26. The summed E-state index contributed by atoms with van der Waals surface area (Å²) < 4.78 is 21.1. The van der Waals surface area contributed by atoms with Gasteiger partial charge in [0.15, 0.2) is 0 Å². The highest BCUT2D eigenvalue weighted by atomic mass is 32.2. The molecule has 2 atom stereocenters. The third-order valence-electron chi connectivity index (χ3n) is 6.97. The van der Waals surface area contributed by atoms with E-state index >= 15 is 0 Å². The first-order valence-corrected chi connectivity index (χ1v) is 14.1. The zero-order valence-corrected chi connectivity index (χ0v) is 23.1. The predicted octanol–water partition coefficient (Wildman–Crippen LogP) is 5.04. The fourth-order valence-electron chi connectivity index (χ4n) is 4.87. The van der Waals surface area contributed by atoms with Gasteiger partial charge in [-0.15, -0.1) is 0 Å². The Bertz CT molecular complexity index is 1600. The molecule has 202 valence electrons. The van der Waals surface area contributed by atoms with Crippen molar-refractivity contribution in [2.45, 2.75) is 37.6 Å². The molecule has 9 heteroatoms. The summed E-state index contributed by atoms with van der Waals surface area (Å²) in [5.41, 5.74) is 6.17. The lowest BCUT2D eigenvalue weighted by atomic mass is 9.84. The molecule has 0 saturated carbocycles. The lowest BCUT2D eigenvalue weighted by Crippen LogP contribution is -2.28. The first kappa shape index (κ1) is 27.2. The number of anilines is 1.